The Bertz CT molecular complexity index is 615. The molecule has 2 heterocycles. The van der Waals surface area contributed by atoms with Crippen molar-refractivity contribution >= 4 is 17.3 Å². The van der Waals surface area contributed by atoms with Crippen LogP contribution in [0.4, 0.5) is 0 Å². The summed E-state index contributed by atoms with van der Waals surface area (Å²) in [5, 5.41) is 6.56. The van der Waals surface area contributed by atoms with Crippen molar-refractivity contribution < 1.29 is 0 Å². The van der Waals surface area contributed by atoms with Gasteiger partial charge in [0.2, 0.25) is 0 Å². The van der Waals surface area contributed by atoms with E-state index in [-0.39, 0.29) is 0 Å². The Morgan fingerprint density at radius 3 is 2.77 bits per heavy atom. The molecule has 1 aliphatic heterocycles. The molecule has 1 aromatic carbocycles. The molecule has 3 rings (SSSR count). The molecule has 0 amide bonds. The lowest BCUT2D eigenvalue weighted by Crippen LogP contribution is -2.39. The van der Waals surface area contributed by atoms with E-state index in [0.717, 1.165) is 36.3 Å². The number of benzene rings is 1. The molecule has 1 N–H and O–H groups in total. The van der Waals surface area contributed by atoms with Crippen LogP contribution in [0.1, 0.15) is 25.5 Å². The smallest absolute Gasteiger partial charge is 0.194 e. The van der Waals surface area contributed by atoms with Gasteiger partial charge in [-0.2, -0.15) is 0 Å². The van der Waals surface area contributed by atoms with Gasteiger partial charge >= 0.3 is 0 Å². The second kappa shape index (κ2) is 7.40. The van der Waals surface area contributed by atoms with E-state index in [1.165, 1.54) is 18.4 Å². The molecule has 0 saturated carbocycles. The summed E-state index contributed by atoms with van der Waals surface area (Å²) in [6.07, 6.45) is 2.53. The second-order valence-electron chi connectivity index (χ2n) is 5.37. The molecule has 1 saturated heterocycles. The maximum atomic E-state index is 4.75. The number of nitrogens with one attached hydrogen (secondary N) is 1. The monoisotopic (exact) mass is 314 g/mol. The van der Waals surface area contributed by atoms with E-state index >= 15 is 0 Å². The van der Waals surface area contributed by atoms with Crippen LogP contribution in [0.25, 0.3) is 10.6 Å². The van der Waals surface area contributed by atoms with Gasteiger partial charge < -0.3 is 10.2 Å². The molecule has 116 valence electrons. The van der Waals surface area contributed by atoms with Crippen LogP contribution >= 0.6 is 11.3 Å². The molecule has 2 aromatic rings. The van der Waals surface area contributed by atoms with E-state index in [4.69, 9.17) is 9.98 Å². The van der Waals surface area contributed by atoms with Crippen molar-refractivity contribution in [3.05, 3.63) is 41.4 Å². The Balaban J connectivity index is 1.69. The number of likely N-dealkylation sites (tertiary alicyclic amines) is 1. The number of aliphatic imine (C=N–C) groups is 1. The zero-order valence-corrected chi connectivity index (χ0v) is 13.8. The van der Waals surface area contributed by atoms with E-state index in [1.54, 1.807) is 11.3 Å². The summed E-state index contributed by atoms with van der Waals surface area (Å²) in [5.41, 5.74) is 2.22. The van der Waals surface area contributed by atoms with E-state index in [1.807, 2.05) is 18.2 Å². The first kappa shape index (κ1) is 15.0. The molecule has 5 heteroatoms. The fourth-order valence-electron chi connectivity index (χ4n) is 2.60. The Kier molecular flexibility index (Phi) is 5.06. The topological polar surface area (TPSA) is 40.5 Å². The van der Waals surface area contributed by atoms with Crippen molar-refractivity contribution in [1.82, 2.24) is 15.2 Å². The first-order valence-electron chi connectivity index (χ1n) is 7.90. The summed E-state index contributed by atoms with van der Waals surface area (Å²) in [5.74, 6) is 1.02. The van der Waals surface area contributed by atoms with Crippen LogP contribution < -0.4 is 5.32 Å². The Morgan fingerprint density at radius 2 is 2.05 bits per heavy atom. The number of nitrogens with zero attached hydrogens (tertiary/aromatic N) is 3. The number of thiazole rings is 1. The van der Waals surface area contributed by atoms with Crippen LogP contribution in [-0.4, -0.2) is 35.5 Å². The molecule has 1 aliphatic rings. The Hall–Kier alpha value is -1.88. The van der Waals surface area contributed by atoms with E-state index in [2.05, 4.69) is 34.7 Å². The zero-order valence-electron chi connectivity index (χ0n) is 13.0. The van der Waals surface area contributed by atoms with E-state index < -0.39 is 0 Å². The van der Waals surface area contributed by atoms with Crippen LogP contribution in [0.2, 0.25) is 0 Å². The fourth-order valence-corrected chi connectivity index (χ4v) is 3.42. The van der Waals surface area contributed by atoms with Crippen molar-refractivity contribution in [3.63, 3.8) is 0 Å². The lowest BCUT2D eigenvalue weighted by atomic mass is 10.2. The van der Waals surface area contributed by atoms with Gasteiger partial charge in [0.05, 0.1) is 12.2 Å². The predicted octanol–water partition coefficient (Wildman–Crippen LogP) is 3.37. The molecule has 4 nitrogen and oxygen atoms in total. The van der Waals surface area contributed by atoms with Crippen LogP contribution in [-0.2, 0) is 6.54 Å². The minimum atomic E-state index is 0.641. The van der Waals surface area contributed by atoms with Gasteiger partial charge in [0.25, 0.3) is 0 Å². The average Bonchev–Trinajstić information content (AvgIpc) is 3.24. The molecule has 0 bridgehead atoms. The van der Waals surface area contributed by atoms with Crippen LogP contribution in [0, 0.1) is 0 Å². The van der Waals surface area contributed by atoms with Gasteiger partial charge in [-0.15, -0.1) is 11.3 Å². The second-order valence-corrected chi connectivity index (χ2v) is 6.23. The quantitative estimate of drug-likeness (QED) is 0.695. The molecule has 0 aliphatic carbocycles. The summed E-state index contributed by atoms with van der Waals surface area (Å²) in [4.78, 5) is 11.8. The third kappa shape index (κ3) is 3.65. The number of guanidine groups is 1. The molecule has 1 fully saturated rings. The zero-order chi connectivity index (χ0) is 15.2. The minimum absolute atomic E-state index is 0.641. The van der Waals surface area contributed by atoms with Crippen molar-refractivity contribution in [2.24, 2.45) is 4.99 Å². The lowest BCUT2D eigenvalue weighted by Gasteiger charge is -2.20. The lowest BCUT2D eigenvalue weighted by molar-refractivity contribution is 0.493. The van der Waals surface area contributed by atoms with Gasteiger partial charge in [0, 0.05) is 30.6 Å². The summed E-state index contributed by atoms with van der Waals surface area (Å²) in [7, 11) is 0. The van der Waals surface area contributed by atoms with Gasteiger partial charge in [-0.05, 0) is 19.8 Å². The third-order valence-corrected chi connectivity index (χ3v) is 4.64. The van der Waals surface area contributed by atoms with Gasteiger partial charge in [-0.25, -0.2) is 9.98 Å². The molecule has 22 heavy (non-hydrogen) atoms. The Labute approximate surface area is 135 Å². The highest BCUT2D eigenvalue weighted by atomic mass is 32.1. The SMILES string of the molecule is CCNC(=NCc1csc(-c2ccccc2)n1)N1CCCC1. The molecule has 1 aromatic heterocycles. The molecule has 0 unspecified atom stereocenters. The van der Waals surface area contributed by atoms with Crippen LogP contribution in [0.15, 0.2) is 40.7 Å². The van der Waals surface area contributed by atoms with Crippen molar-refractivity contribution in [2.75, 3.05) is 19.6 Å². The Morgan fingerprint density at radius 1 is 1.27 bits per heavy atom. The normalized spacial score (nSPS) is 15.3. The molecule has 0 radical (unpaired) electrons. The number of aromatic nitrogens is 1. The highest BCUT2D eigenvalue weighted by Crippen LogP contribution is 2.23. The van der Waals surface area contributed by atoms with Gasteiger partial charge in [-0.3, -0.25) is 0 Å². The minimum Gasteiger partial charge on any atom is -0.357 e. The summed E-state index contributed by atoms with van der Waals surface area (Å²) in [6.45, 7) is 5.88. The van der Waals surface area contributed by atoms with E-state index in [0.29, 0.717) is 6.54 Å². The number of rotatable bonds is 4. The average molecular weight is 314 g/mol. The summed E-state index contributed by atoms with van der Waals surface area (Å²) in [6, 6.07) is 10.3. The van der Waals surface area contributed by atoms with Crippen molar-refractivity contribution in [3.8, 4) is 10.6 Å². The number of hydrogen-bond acceptors (Lipinski definition) is 3. The largest absolute Gasteiger partial charge is 0.357 e. The predicted molar refractivity (Wildman–Crippen MR) is 93.2 cm³/mol. The molecule has 0 spiro atoms. The standard InChI is InChI=1S/C17H22N4S/c1-2-18-17(21-10-6-7-11-21)19-12-15-13-22-16(20-15)14-8-4-3-5-9-14/h3-5,8-9,13H,2,6-7,10-12H2,1H3,(H,18,19). The van der Waals surface area contributed by atoms with Crippen molar-refractivity contribution in [2.45, 2.75) is 26.3 Å². The van der Waals surface area contributed by atoms with Crippen LogP contribution in [0.3, 0.4) is 0 Å². The first-order valence-corrected chi connectivity index (χ1v) is 8.78. The molecular weight excluding hydrogens is 292 g/mol. The maximum Gasteiger partial charge on any atom is 0.194 e. The van der Waals surface area contributed by atoms with Crippen molar-refractivity contribution in [1.29, 1.82) is 0 Å². The summed E-state index contributed by atoms with van der Waals surface area (Å²) >= 11 is 1.69. The fraction of sp³-hybridized carbons (Fsp3) is 0.412. The maximum absolute atomic E-state index is 4.75. The van der Waals surface area contributed by atoms with Crippen LogP contribution in [0.5, 0.6) is 0 Å². The number of hydrogen-bond donors (Lipinski definition) is 1. The van der Waals surface area contributed by atoms with Gasteiger partial charge in [-0.1, -0.05) is 30.3 Å². The first-order chi connectivity index (χ1) is 10.9. The third-order valence-electron chi connectivity index (χ3n) is 3.70. The summed E-state index contributed by atoms with van der Waals surface area (Å²) < 4.78 is 0. The van der Waals surface area contributed by atoms with E-state index in [9.17, 15) is 0 Å². The molecular formula is C17H22N4S. The van der Waals surface area contributed by atoms with Gasteiger partial charge in [0.15, 0.2) is 5.96 Å². The van der Waals surface area contributed by atoms with Gasteiger partial charge in [0.1, 0.15) is 5.01 Å². The molecule has 0 atom stereocenters. The highest BCUT2D eigenvalue weighted by Gasteiger charge is 2.15. The highest BCUT2D eigenvalue weighted by molar-refractivity contribution is 7.13.